The summed E-state index contributed by atoms with van der Waals surface area (Å²) in [6.45, 7) is 3.10. The van der Waals surface area contributed by atoms with Gasteiger partial charge in [-0.25, -0.2) is 0 Å². The fourth-order valence-corrected chi connectivity index (χ4v) is 3.41. The maximum absolute atomic E-state index is 12.9. The Morgan fingerprint density at radius 2 is 1.68 bits per heavy atom. The minimum Gasteiger partial charge on any atom is -0.481 e. The van der Waals surface area contributed by atoms with Gasteiger partial charge in [-0.05, 0) is 26.7 Å². The molecule has 0 bridgehead atoms. The third kappa shape index (κ3) is 3.37. The number of hydrogen-bond donors (Lipinski definition) is 1. The van der Waals surface area contributed by atoms with Crippen LogP contribution in [-0.2, 0) is 9.59 Å². The third-order valence-electron chi connectivity index (χ3n) is 4.86. The van der Waals surface area contributed by atoms with Gasteiger partial charge < -0.3 is 10.0 Å². The van der Waals surface area contributed by atoms with Crippen LogP contribution < -0.4 is 0 Å². The van der Waals surface area contributed by atoms with Crippen LogP contribution in [0.3, 0.4) is 0 Å². The van der Waals surface area contributed by atoms with Gasteiger partial charge in [0.25, 0.3) is 0 Å². The summed E-state index contributed by atoms with van der Waals surface area (Å²) in [4.78, 5) is 26.3. The lowest BCUT2D eigenvalue weighted by Gasteiger charge is -2.27. The number of hydrogen-bond acceptors (Lipinski definition) is 3. The second kappa shape index (κ2) is 6.06. The zero-order valence-electron chi connectivity index (χ0n) is 12.6. The van der Waals surface area contributed by atoms with E-state index in [9.17, 15) is 22.8 Å². The van der Waals surface area contributed by atoms with Gasteiger partial charge in [0.2, 0.25) is 5.91 Å². The quantitative estimate of drug-likeness (QED) is 0.857. The molecule has 0 aromatic carbocycles. The molecule has 22 heavy (non-hydrogen) atoms. The molecule has 1 amide bonds. The zero-order chi connectivity index (χ0) is 16.7. The number of carbonyl (C=O) groups excluding carboxylic acids is 1. The first kappa shape index (κ1) is 17.1. The van der Waals surface area contributed by atoms with E-state index in [-0.39, 0.29) is 25.2 Å². The molecule has 2 aliphatic rings. The summed E-state index contributed by atoms with van der Waals surface area (Å²) in [6, 6.07) is 0.436. The molecule has 2 unspecified atom stereocenters. The van der Waals surface area contributed by atoms with Crippen LogP contribution in [0, 0.1) is 11.8 Å². The van der Waals surface area contributed by atoms with Gasteiger partial charge >= 0.3 is 12.1 Å². The summed E-state index contributed by atoms with van der Waals surface area (Å²) in [7, 11) is 0. The van der Waals surface area contributed by atoms with E-state index in [1.54, 1.807) is 0 Å². The molecule has 2 rings (SSSR count). The molecule has 1 N–H and O–H groups in total. The Balaban J connectivity index is 2.04. The van der Waals surface area contributed by atoms with Crippen LogP contribution in [-0.4, -0.2) is 64.7 Å². The molecule has 4 atom stereocenters. The van der Waals surface area contributed by atoms with Crippen molar-refractivity contribution in [2.45, 2.75) is 44.9 Å². The van der Waals surface area contributed by atoms with Gasteiger partial charge in [-0.2, -0.15) is 13.2 Å². The van der Waals surface area contributed by atoms with Gasteiger partial charge in [0.15, 0.2) is 0 Å². The summed E-state index contributed by atoms with van der Waals surface area (Å²) >= 11 is 0. The highest BCUT2D eigenvalue weighted by Gasteiger charge is 2.53. The molecule has 0 aromatic rings. The number of alkyl halides is 3. The number of carboxylic acids is 1. The highest BCUT2D eigenvalue weighted by atomic mass is 19.4. The summed E-state index contributed by atoms with van der Waals surface area (Å²) in [5.74, 6) is -5.47. The first-order valence-electron chi connectivity index (χ1n) is 7.44. The summed E-state index contributed by atoms with van der Waals surface area (Å²) in [5.41, 5.74) is 0. The van der Waals surface area contributed by atoms with Crippen LogP contribution in [0.5, 0.6) is 0 Å². The lowest BCUT2D eigenvalue weighted by atomic mass is 9.96. The van der Waals surface area contributed by atoms with Crippen molar-refractivity contribution in [3.8, 4) is 0 Å². The van der Waals surface area contributed by atoms with E-state index in [1.807, 2.05) is 18.7 Å². The van der Waals surface area contributed by atoms with Crippen molar-refractivity contribution < 1.29 is 27.9 Å². The van der Waals surface area contributed by atoms with Crippen molar-refractivity contribution in [2.75, 3.05) is 19.6 Å². The van der Waals surface area contributed by atoms with E-state index in [4.69, 9.17) is 5.11 Å². The van der Waals surface area contributed by atoms with Crippen LogP contribution in [0.4, 0.5) is 13.2 Å². The summed E-state index contributed by atoms with van der Waals surface area (Å²) in [6.07, 6.45) is -2.69. The summed E-state index contributed by atoms with van der Waals surface area (Å²) < 4.78 is 38.8. The van der Waals surface area contributed by atoms with E-state index in [0.717, 1.165) is 17.7 Å². The van der Waals surface area contributed by atoms with Gasteiger partial charge in [-0.15, -0.1) is 0 Å². The Hall–Kier alpha value is -1.31. The van der Waals surface area contributed by atoms with Crippen molar-refractivity contribution in [3.05, 3.63) is 0 Å². The molecule has 2 aliphatic heterocycles. The molecule has 8 heteroatoms. The molecule has 5 nitrogen and oxygen atoms in total. The van der Waals surface area contributed by atoms with Gasteiger partial charge in [-0.1, -0.05) is 0 Å². The van der Waals surface area contributed by atoms with Crippen molar-refractivity contribution in [2.24, 2.45) is 11.8 Å². The number of aliphatic carboxylic acids is 1. The Morgan fingerprint density at radius 3 is 2.09 bits per heavy atom. The number of halogens is 3. The van der Waals surface area contributed by atoms with E-state index < -0.39 is 36.4 Å². The number of nitrogens with zero attached hydrogens (tertiary/aromatic N) is 2. The molecular weight excluding hydrogens is 301 g/mol. The molecule has 0 radical (unpaired) electrons. The van der Waals surface area contributed by atoms with Crippen LogP contribution in [0.25, 0.3) is 0 Å². The number of rotatable bonds is 3. The summed E-state index contributed by atoms with van der Waals surface area (Å²) in [5, 5.41) is 8.97. The fraction of sp³-hybridized carbons (Fsp3) is 0.857. The molecule has 2 saturated heterocycles. The minimum atomic E-state index is -4.60. The molecule has 0 saturated carbocycles. The number of carboxylic acid groups (broad SMARTS) is 1. The average Bonchev–Trinajstić information content (AvgIpc) is 2.97. The number of likely N-dealkylation sites (tertiary alicyclic amines) is 2. The average molecular weight is 322 g/mol. The minimum absolute atomic E-state index is 0.0548. The molecular formula is C14H21F3N2O3. The largest absolute Gasteiger partial charge is 0.481 e. The first-order chi connectivity index (χ1) is 10.1. The SMILES string of the molecule is CC1CCC(C)N1CC(=O)N1C[C@@H](C(F)(F)F)[C@H](C(=O)O)C1. The molecule has 2 heterocycles. The van der Waals surface area contributed by atoms with Crippen LogP contribution in [0.2, 0.25) is 0 Å². The van der Waals surface area contributed by atoms with E-state index in [2.05, 4.69) is 0 Å². The molecule has 0 aliphatic carbocycles. The van der Waals surface area contributed by atoms with Crippen molar-refractivity contribution in [3.63, 3.8) is 0 Å². The monoisotopic (exact) mass is 322 g/mol. The van der Waals surface area contributed by atoms with Crippen molar-refractivity contribution in [1.29, 1.82) is 0 Å². The number of amides is 1. The predicted octanol–water partition coefficient (Wildman–Crippen LogP) is 1.58. The van der Waals surface area contributed by atoms with Crippen LogP contribution in [0.1, 0.15) is 26.7 Å². The fourth-order valence-electron chi connectivity index (χ4n) is 3.41. The molecule has 0 spiro atoms. The highest BCUT2D eigenvalue weighted by molar-refractivity contribution is 5.80. The Bertz CT molecular complexity index is 445. The van der Waals surface area contributed by atoms with Gasteiger partial charge in [0.05, 0.1) is 18.4 Å². The molecule has 2 fully saturated rings. The predicted molar refractivity (Wildman–Crippen MR) is 72.1 cm³/mol. The lowest BCUT2D eigenvalue weighted by molar-refractivity contribution is -0.188. The van der Waals surface area contributed by atoms with Crippen molar-refractivity contribution in [1.82, 2.24) is 9.80 Å². The third-order valence-corrected chi connectivity index (χ3v) is 4.86. The first-order valence-corrected chi connectivity index (χ1v) is 7.44. The zero-order valence-corrected chi connectivity index (χ0v) is 12.6. The van der Waals surface area contributed by atoms with Crippen LogP contribution >= 0.6 is 0 Å². The standard InChI is InChI=1S/C14H21F3N2O3/c1-8-3-4-9(2)19(8)7-12(20)18-5-10(13(21)22)11(6-18)14(15,16)17/h8-11H,3-7H2,1-2H3,(H,21,22)/t8?,9?,10-,11-/m1/s1. The molecule has 0 aromatic heterocycles. The normalized spacial score (nSPS) is 33.4. The maximum atomic E-state index is 12.9. The number of carbonyl (C=O) groups is 2. The van der Waals surface area contributed by atoms with E-state index in [1.165, 1.54) is 0 Å². The Kier molecular flexibility index (Phi) is 4.70. The highest BCUT2D eigenvalue weighted by Crippen LogP contribution is 2.38. The maximum Gasteiger partial charge on any atom is 0.394 e. The topological polar surface area (TPSA) is 60.9 Å². The van der Waals surface area contributed by atoms with Crippen molar-refractivity contribution >= 4 is 11.9 Å². The van der Waals surface area contributed by atoms with Crippen LogP contribution in [0.15, 0.2) is 0 Å². The lowest BCUT2D eigenvalue weighted by Crippen LogP contribution is -2.43. The Labute approximate surface area is 127 Å². The van der Waals surface area contributed by atoms with Gasteiger partial charge in [-0.3, -0.25) is 14.5 Å². The Morgan fingerprint density at radius 1 is 1.14 bits per heavy atom. The second-order valence-corrected chi connectivity index (χ2v) is 6.34. The van der Waals surface area contributed by atoms with Gasteiger partial charge in [0, 0.05) is 25.2 Å². The second-order valence-electron chi connectivity index (χ2n) is 6.34. The van der Waals surface area contributed by atoms with E-state index >= 15 is 0 Å². The van der Waals surface area contributed by atoms with Gasteiger partial charge in [0.1, 0.15) is 0 Å². The van der Waals surface area contributed by atoms with E-state index in [0.29, 0.717) is 0 Å². The molecule has 126 valence electrons. The smallest absolute Gasteiger partial charge is 0.394 e.